The van der Waals surface area contributed by atoms with E-state index < -0.39 is 10.9 Å². The predicted molar refractivity (Wildman–Crippen MR) is 49.1 cm³/mol. The van der Waals surface area contributed by atoms with Crippen LogP contribution in [0, 0.1) is 10.1 Å². The number of carbonyl (C=O) groups is 1. The van der Waals surface area contributed by atoms with Crippen molar-refractivity contribution in [1.29, 1.82) is 0 Å². The van der Waals surface area contributed by atoms with Gasteiger partial charge in [0.05, 0.1) is 6.21 Å². The third-order valence-corrected chi connectivity index (χ3v) is 1.39. The fourth-order valence-corrected chi connectivity index (χ4v) is 0.849. The summed E-state index contributed by atoms with van der Waals surface area (Å²) in [5.74, 6) is -0.837. The third kappa shape index (κ3) is 3.18. The summed E-state index contributed by atoms with van der Waals surface area (Å²) < 4.78 is 1.26. The van der Waals surface area contributed by atoms with Crippen molar-refractivity contribution in [2.45, 2.75) is 13.5 Å². The van der Waals surface area contributed by atoms with Crippen molar-refractivity contribution in [2.24, 2.45) is 5.16 Å². The molecule has 8 heteroatoms. The van der Waals surface area contributed by atoms with E-state index in [2.05, 4.69) is 15.0 Å². The fourth-order valence-electron chi connectivity index (χ4n) is 0.849. The smallest absolute Gasteiger partial charge is 0.390 e. The Morgan fingerprint density at radius 2 is 2.60 bits per heavy atom. The topological polar surface area (TPSA) is 99.6 Å². The maximum atomic E-state index is 10.4. The van der Waals surface area contributed by atoms with Gasteiger partial charge in [0.25, 0.3) is 0 Å². The number of nitro groups is 1. The maximum absolute atomic E-state index is 10.4. The second-order valence-electron chi connectivity index (χ2n) is 2.51. The van der Waals surface area contributed by atoms with Crippen LogP contribution in [0.4, 0.5) is 5.95 Å². The first-order valence-electron chi connectivity index (χ1n) is 3.96. The molecule has 1 aromatic heterocycles. The van der Waals surface area contributed by atoms with Crippen LogP contribution in [-0.2, 0) is 16.2 Å². The van der Waals surface area contributed by atoms with Gasteiger partial charge in [-0.3, -0.25) is 0 Å². The molecule has 0 aromatic carbocycles. The number of hydrogen-bond donors (Lipinski definition) is 0. The van der Waals surface area contributed by atoms with Crippen LogP contribution in [0.1, 0.15) is 6.92 Å². The van der Waals surface area contributed by atoms with Crippen molar-refractivity contribution in [2.75, 3.05) is 0 Å². The van der Waals surface area contributed by atoms with Crippen LogP contribution in [0.2, 0.25) is 0 Å². The molecule has 15 heavy (non-hydrogen) atoms. The van der Waals surface area contributed by atoms with Gasteiger partial charge in [-0.15, -0.1) is 0 Å². The molecule has 0 saturated carbocycles. The molecular formula is C7H8N4O4. The number of carbonyl (C=O) groups excluding carboxylic acids is 1. The molecule has 80 valence electrons. The molecule has 0 aliphatic heterocycles. The average Bonchev–Trinajstić information content (AvgIpc) is 2.60. The van der Waals surface area contributed by atoms with Crippen LogP contribution in [-0.4, -0.2) is 26.7 Å². The SMILES string of the molecule is CC(=O)O/N=C/Cn1ccnc1[N+](=O)[O-]. The van der Waals surface area contributed by atoms with Crippen LogP contribution in [0.5, 0.6) is 0 Å². The third-order valence-electron chi connectivity index (χ3n) is 1.39. The maximum Gasteiger partial charge on any atom is 0.434 e. The summed E-state index contributed by atoms with van der Waals surface area (Å²) in [5.41, 5.74) is 0. The summed E-state index contributed by atoms with van der Waals surface area (Å²) >= 11 is 0. The van der Waals surface area contributed by atoms with Crippen LogP contribution in [0.3, 0.4) is 0 Å². The standard InChI is InChI=1S/C7H8N4O4/c1-6(12)15-9-3-5-10-4-2-8-7(10)11(13)14/h2-4H,5H2,1H3/b9-3+. The summed E-state index contributed by atoms with van der Waals surface area (Å²) in [7, 11) is 0. The van der Waals surface area contributed by atoms with Gasteiger partial charge in [-0.1, -0.05) is 10.1 Å². The molecule has 0 spiro atoms. The van der Waals surface area contributed by atoms with E-state index in [0.29, 0.717) is 0 Å². The van der Waals surface area contributed by atoms with E-state index in [1.165, 1.54) is 30.1 Å². The number of imidazole rings is 1. The summed E-state index contributed by atoms with van der Waals surface area (Å²) in [6, 6.07) is 0. The summed E-state index contributed by atoms with van der Waals surface area (Å²) in [6.45, 7) is 1.32. The molecule has 0 fully saturated rings. The molecule has 1 heterocycles. The monoisotopic (exact) mass is 212 g/mol. The summed E-state index contributed by atoms with van der Waals surface area (Å²) in [5, 5.41) is 13.7. The van der Waals surface area contributed by atoms with Gasteiger partial charge < -0.3 is 15.0 Å². The Labute approximate surface area is 84.3 Å². The van der Waals surface area contributed by atoms with E-state index in [4.69, 9.17) is 0 Å². The van der Waals surface area contributed by atoms with Gasteiger partial charge in [0, 0.05) is 6.92 Å². The number of hydrogen-bond acceptors (Lipinski definition) is 6. The Kier molecular flexibility index (Phi) is 3.49. The molecule has 0 atom stereocenters. The van der Waals surface area contributed by atoms with Gasteiger partial charge in [0.1, 0.15) is 18.9 Å². The molecule has 0 aliphatic rings. The molecule has 1 aromatic rings. The molecule has 0 bridgehead atoms. The first-order chi connectivity index (χ1) is 7.11. The Bertz CT molecular complexity index is 397. The molecule has 0 aliphatic carbocycles. The van der Waals surface area contributed by atoms with Gasteiger partial charge in [-0.25, -0.2) is 9.36 Å². The average molecular weight is 212 g/mol. The molecule has 1 rings (SSSR count). The van der Waals surface area contributed by atoms with E-state index in [1.54, 1.807) is 0 Å². The second-order valence-corrected chi connectivity index (χ2v) is 2.51. The highest BCUT2D eigenvalue weighted by Crippen LogP contribution is 2.05. The highest BCUT2D eigenvalue weighted by molar-refractivity contribution is 5.67. The molecule has 0 amide bonds. The van der Waals surface area contributed by atoms with E-state index in [9.17, 15) is 14.9 Å². The minimum Gasteiger partial charge on any atom is -0.390 e. The molecule has 0 unspecified atom stereocenters. The summed E-state index contributed by atoms with van der Waals surface area (Å²) in [6.07, 6.45) is 3.96. The minimum atomic E-state index is -0.611. The summed E-state index contributed by atoms with van der Waals surface area (Å²) in [4.78, 5) is 27.9. The number of rotatable bonds is 4. The molecular weight excluding hydrogens is 204 g/mol. The second kappa shape index (κ2) is 4.84. The highest BCUT2D eigenvalue weighted by Gasteiger charge is 2.12. The van der Waals surface area contributed by atoms with Gasteiger partial charge in [-0.2, -0.15) is 0 Å². The number of nitrogens with zero attached hydrogens (tertiary/aromatic N) is 4. The minimum absolute atomic E-state index is 0.115. The number of aromatic nitrogens is 2. The first kappa shape index (κ1) is 10.8. The van der Waals surface area contributed by atoms with Gasteiger partial charge in [0.15, 0.2) is 0 Å². The van der Waals surface area contributed by atoms with Gasteiger partial charge >= 0.3 is 11.9 Å². The van der Waals surface area contributed by atoms with Gasteiger partial charge in [0.2, 0.25) is 0 Å². The van der Waals surface area contributed by atoms with E-state index in [1.807, 2.05) is 0 Å². The zero-order chi connectivity index (χ0) is 11.3. The van der Waals surface area contributed by atoms with Crippen molar-refractivity contribution in [1.82, 2.24) is 9.55 Å². The lowest BCUT2D eigenvalue weighted by atomic mass is 10.7. The zero-order valence-electron chi connectivity index (χ0n) is 7.86. The Balaban J connectivity index is 2.57. The van der Waals surface area contributed by atoms with Crippen LogP contribution in [0.25, 0.3) is 0 Å². The highest BCUT2D eigenvalue weighted by atomic mass is 16.7. The Hall–Kier alpha value is -2.25. The van der Waals surface area contributed by atoms with Crippen LogP contribution in [0.15, 0.2) is 17.5 Å². The Morgan fingerprint density at radius 3 is 3.20 bits per heavy atom. The zero-order valence-corrected chi connectivity index (χ0v) is 7.86. The largest absolute Gasteiger partial charge is 0.434 e. The first-order valence-corrected chi connectivity index (χ1v) is 3.96. The predicted octanol–water partition coefficient (Wildman–Crippen LogP) is 0.340. The van der Waals surface area contributed by atoms with E-state index >= 15 is 0 Å². The van der Waals surface area contributed by atoms with Crippen molar-refractivity contribution >= 4 is 18.1 Å². The molecule has 0 radical (unpaired) electrons. The lowest BCUT2D eigenvalue weighted by Crippen LogP contribution is -2.04. The molecule has 0 saturated heterocycles. The molecule has 8 nitrogen and oxygen atoms in total. The van der Waals surface area contributed by atoms with Crippen LogP contribution >= 0.6 is 0 Å². The van der Waals surface area contributed by atoms with Crippen LogP contribution < -0.4 is 0 Å². The lowest BCUT2D eigenvalue weighted by molar-refractivity contribution is -0.396. The van der Waals surface area contributed by atoms with Crippen molar-refractivity contribution in [3.05, 3.63) is 22.5 Å². The quantitative estimate of drug-likeness (QED) is 0.310. The lowest BCUT2D eigenvalue weighted by Gasteiger charge is -1.95. The fraction of sp³-hybridized carbons (Fsp3) is 0.286. The Morgan fingerprint density at radius 1 is 1.87 bits per heavy atom. The molecule has 0 N–H and O–H groups in total. The van der Waals surface area contributed by atoms with Crippen molar-refractivity contribution in [3.63, 3.8) is 0 Å². The van der Waals surface area contributed by atoms with Gasteiger partial charge in [-0.05, 0) is 4.92 Å². The van der Waals surface area contributed by atoms with E-state index in [-0.39, 0.29) is 12.5 Å². The van der Waals surface area contributed by atoms with E-state index in [0.717, 1.165) is 0 Å². The number of oxime groups is 1. The van der Waals surface area contributed by atoms with Crippen molar-refractivity contribution < 1.29 is 14.6 Å². The van der Waals surface area contributed by atoms with Crippen molar-refractivity contribution in [3.8, 4) is 0 Å². The normalized spacial score (nSPS) is 10.5.